The minimum atomic E-state index is -0.510. The van der Waals surface area contributed by atoms with Crippen molar-refractivity contribution >= 4 is 5.97 Å². The molecular formula is C11H22NO3+. The van der Waals surface area contributed by atoms with Gasteiger partial charge in [0.05, 0.1) is 5.60 Å². The molecule has 0 amide bonds. The molecule has 4 heteroatoms. The first kappa shape index (κ1) is 14.1. The van der Waals surface area contributed by atoms with Gasteiger partial charge in [-0.15, -0.1) is 0 Å². The third-order valence-electron chi connectivity index (χ3n) is 1.75. The van der Waals surface area contributed by atoms with Gasteiger partial charge in [0.1, 0.15) is 12.7 Å². The first-order valence-electron chi connectivity index (χ1n) is 5.06. The number of rotatable bonds is 5. The van der Waals surface area contributed by atoms with E-state index in [1.807, 2.05) is 27.7 Å². The average molecular weight is 216 g/mol. The first-order valence-corrected chi connectivity index (χ1v) is 5.06. The lowest BCUT2D eigenvalue weighted by atomic mass is 10.1. The molecule has 0 heterocycles. The summed E-state index contributed by atoms with van der Waals surface area (Å²) in [6.45, 7) is 11.3. The van der Waals surface area contributed by atoms with Crippen molar-refractivity contribution in [3.05, 3.63) is 12.7 Å². The molecular weight excluding hydrogens is 194 g/mol. The number of carbonyl (C=O) groups excluding carboxylic acids is 1. The molecule has 0 spiro atoms. The van der Waals surface area contributed by atoms with Gasteiger partial charge in [-0.05, 0) is 27.7 Å². The van der Waals surface area contributed by atoms with Crippen LogP contribution in [0.1, 0.15) is 27.7 Å². The van der Waals surface area contributed by atoms with E-state index in [0.717, 1.165) is 0 Å². The van der Waals surface area contributed by atoms with E-state index in [4.69, 9.17) is 9.47 Å². The predicted molar refractivity (Wildman–Crippen MR) is 58.1 cm³/mol. The first-order chi connectivity index (χ1) is 6.78. The Morgan fingerprint density at radius 1 is 1.53 bits per heavy atom. The van der Waals surface area contributed by atoms with Crippen LogP contribution in [0.4, 0.5) is 0 Å². The topological polar surface area (TPSA) is 63.2 Å². The van der Waals surface area contributed by atoms with Gasteiger partial charge in [-0.25, -0.2) is 4.79 Å². The number of esters is 1. The molecule has 0 unspecified atom stereocenters. The number of quaternary nitrogens is 1. The summed E-state index contributed by atoms with van der Waals surface area (Å²) in [5.41, 5.74) is 3.46. The highest BCUT2D eigenvalue weighted by atomic mass is 16.5. The molecule has 0 rings (SSSR count). The van der Waals surface area contributed by atoms with E-state index in [2.05, 4.69) is 12.3 Å². The molecule has 4 nitrogen and oxygen atoms in total. The van der Waals surface area contributed by atoms with Crippen molar-refractivity contribution in [2.45, 2.75) is 45.4 Å². The van der Waals surface area contributed by atoms with Crippen molar-refractivity contribution in [2.75, 3.05) is 6.61 Å². The van der Waals surface area contributed by atoms with Crippen LogP contribution in [0.25, 0.3) is 0 Å². The lowest BCUT2D eigenvalue weighted by Gasteiger charge is -2.26. The summed E-state index contributed by atoms with van der Waals surface area (Å²) >= 11 is 0. The fourth-order valence-electron chi connectivity index (χ4n) is 1.08. The molecule has 0 aliphatic rings. The Kier molecular flexibility index (Phi) is 5.54. The SMILES string of the molecule is C=CCOC(=O)[C@@H]([NH3+])[C@@H](C)OC(C)(C)C. The van der Waals surface area contributed by atoms with Crippen molar-refractivity contribution in [3.63, 3.8) is 0 Å². The van der Waals surface area contributed by atoms with Crippen LogP contribution < -0.4 is 5.73 Å². The normalized spacial score (nSPS) is 15.5. The molecule has 0 radical (unpaired) electrons. The van der Waals surface area contributed by atoms with E-state index in [1.54, 1.807) is 0 Å². The Bertz CT molecular complexity index is 220. The Morgan fingerprint density at radius 2 is 2.07 bits per heavy atom. The molecule has 2 atom stereocenters. The van der Waals surface area contributed by atoms with Gasteiger partial charge in [0.15, 0.2) is 0 Å². The molecule has 0 saturated carbocycles. The molecule has 0 bridgehead atoms. The van der Waals surface area contributed by atoms with Crippen LogP contribution in [0.3, 0.4) is 0 Å². The van der Waals surface area contributed by atoms with E-state index >= 15 is 0 Å². The van der Waals surface area contributed by atoms with Gasteiger partial charge in [-0.3, -0.25) is 0 Å². The third-order valence-corrected chi connectivity index (χ3v) is 1.75. The van der Waals surface area contributed by atoms with Crippen molar-refractivity contribution in [1.29, 1.82) is 0 Å². The van der Waals surface area contributed by atoms with Crippen LogP contribution in [0, 0.1) is 0 Å². The Morgan fingerprint density at radius 3 is 2.47 bits per heavy atom. The van der Waals surface area contributed by atoms with Crippen molar-refractivity contribution < 1.29 is 20.0 Å². The molecule has 0 aliphatic carbocycles. The second-order valence-electron chi connectivity index (χ2n) is 4.46. The van der Waals surface area contributed by atoms with Crippen molar-refractivity contribution in [2.24, 2.45) is 0 Å². The Balaban J connectivity index is 4.13. The smallest absolute Gasteiger partial charge is 0.367 e. The number of carbonyl (C=O) groups is 1. The van der Waals surface area contributed by atoms with E-state index < -0.39 is 6.04 Å². The fraction of sp³-hybridized carbons (Fsp3) is 0.727. The van der Waals surface area contributed by atoms with E-state index in [0.29, 0.717) is 0 Å². The maximum atomic E-state index is 11.4. The van der Waals surface area contributed by atoms with Crippen LogP contribution >= 0.6 is 0 Å². The number of hydrogen-bond acceptors (Lipinski definition) is 3. The van der Waals surface area contributed by atoms with Gasteiger partial charge in [0.2, 0.25) is 6.04 Å². The highest BCUT2D eigenvalue weighted by Gasteiger charge is 2.29. The van der Waals surface area contributed by atoms with Crippen molar-refractivity contribution in [1.82, 2.24) is 0 Å². The van der Waals surface area contributed by atoms with Gasteiger partial charge < -0.3 is 15.2 Å². The van der Waals surface area contributed by atoms with Crippen LogP contribution in [0.2, 0.25) is 0 Å². The molecule has 0 aromatic heterocycles. The lowest BCUT2D eigenvalue weighted by Crippen LogP contribution is -2.70. The van der Waals surface area contributed by atoms with Crippen LogP contribution in [0.15, 0.2) is 12.7 Å². The van der Waals surface area contributed by atoms with Gasteiger partial charge >= 0.3 is 5.97 Å². The minimum Gasteiger partial charge on any atom is -0.457 e. The zero-order valence-electron chi connectivity index (χ0n) is 10.1. The van der Waals surface area contributed by atoms with E-state index in [1.165, 1.54) is 6.08 Å². The van der Waals surface area contributed by atoms with Gasteiger partial charge in [-0.1, -0.05) is 12.7 Å². The second-order valence-corrected chi connectivity index (χ2v) is 4.46. The molecule has 0 aromatic rings. The summed E-state index contributed by atoms with van der Waals surface area (Å²) in [5, 5.41) is 0. The zero-order valence-corrected chi connectivity index (χ0v) is 10.1. The standard InChI is InChI=1S/C11H21NO3/c1-6-7-14-10(13)9(12)8(2)15-11(3,4)5/h6,8-9H,1,7,12H2,2-5H3/p+1/t8-,9+/m1/s1. The van der Waals surface area contributed by atoms with Crippen LogP contribution in [-0.4, -0.2) is 30.3 Å². The largest absolute Gasteiger partial charge is 0.457 e. The fourth-order valence-corrected chi connectivity index (χ4v) is 1.08. The second kappa shape index (κ2) is 5.88. The monoisotopic (exact) mass is 216 g/mol. The number of ether oxygens (including phenoxy) is 2. The zero-order chi connectivity index (χ0) is 12.1. The predicted octanol–water partition coefficient (Wildman–Crippen LogP) is 0.530. The maximum absolute atomic E-state index is 11.4. The number of hydrogen-bond donors (Lipinski definition) is 1. The molecule has 0 saturated heterocycles. The van der Waals surface area contributed by atoms with Gasteiger partial charge in [0, 0.05) is 0 Å². The minimum absolute atomic E-state index is 0.215. The van der Waals surface area contributed by atoms with Crippen LogP contribution in [0.5, 0.6) is 0 Å². The summed E-state index contributed by atoms with van der Waals surface area (Å²) in [4.78, 5) is 11.4. The highest BCUT2D eigenvalue weighted by molar-refractivity contribution is 5.74. The molecule has 88 valence electrons. The molecule has 0 aliphatic heterocycles. The summed E-state index contributed by atoms with van der Waals surface area (Å²) in [6, 6.07) is -0.510. The van der Waals surface area contributed by atoms with Gasteiger partial charge in [-0.2, -0.15) is 0 Å². The van der Waals surface area contributed by atoms with E-state index in [-0.39, 0.29) is 24.3 Å². The molecule has 0 fully saturated rings. The lowest BCUT2D eigenvalue weighted by molar-refractivity contribution is -0.429. The Hall–Kier alpha value is -0.870. The Labute approximate surface area is 91.4 Å². The van der Waals surface area contributed by atoms with Crippen molar-refractivity contribution in [3.8, 4) is 0 Å². The molecule has 15 heavy (non-hydrogen) atoms. The summed E-state index contributed by atoms with van der Waals surface area (Å²) in [6.07, 6.45) is 1.27. The summed E-state index contributed by atoms with van der Waals surface area (Å²) < 4.78 is 10.5. The average Bonchev–Trinajstić information content (AvgIpc) is 2.10. The third kappa shape index (κ3) is 6.25. The van der Waals surface area contributed by atoms with Crippen LogP contribution in [-0.2, 0) is 14.3 Å². The maximum Gasteiger partial charge on any atom is 0.367 e. The molecule has 3 N–H and O–H groups in total. The van der Waals surface area contributed by atoms with E-state index in [9.17, 15) is 4.79 Å². The quantitative estimate of drug-likeness (QED) is 0.538. The summed E-state index contributed by atoms with van der Waals surface area (Å²) in [7, 11) is 0. The highest BCUT2D eigenvalue weighted by Crippen LogP contribution is 2.12. The molecule has 0 aromatic carbocycles. The van der Waals surface area contributed by atoms with Gasteiger partial charge in [0.25, 0.3) is 0 Å². The summed E-state index contributed by atoms with van der Waals surface area (Å²) in [5.74, 6) is -0.355.